The van der Waals surface area contributed by atoms with Gasteiger partial charge in [0, 0.05) is 23.8 Å². The normalized spacial score (nSPS) is 12.8. The molecule has 0 saturated heterocycles. The monoisotopic (exact) mass is 242 g/mol. The first-order chi connectivity index (χ1) is 7.54. The van der Waals surface area contributed by atoms with E-state index in [0.29, 0.717) is 18.8 Å². The van der Waals surface area contributed by atoms with Crippen LogP contribution in [-0.2, 0) is 9.53 Å². The van der Waals surface area contributed by atoms with Crippen LogP contribution in [0.2, 0.25) is 0 Å². The highest BCUT2D eigenvalue weighted by molar-refractivity contribution is 7.09. The average Bonchev–Trinajstić information content (AvgIpc) is 2.74. The maximum Gasteiger partial charge on any atom is 0.305 e. The van der Waals surface area contributed by atoms with Crippen molar-refractivity contribution in [3.63, 3.8) is 0 Å². The lowest BCUT2D eigenvalue weighted by Crippen LogP contribution is -2.13. The van der Waals surface area contributed by atoms with Gasteiger partial charge in [0.2, 0.25) is 0 Å². The van der Waals surface area contributed by atoms with E-state index in [0.717, 1.165) is 10.7 Å². The van der Waals surface area contributed by atoms with Crippen LogP contribution in [0, 0.1) is 0 Å². The van der Waals surface area contributed by atoms with Crippen molar-refractivity contribution in [1.29, 1.82) is 0 Å². The summed E-state index contributed by atoms with van der Waals surface area (Å²) in [6.07, 6.45) is 0.917. The molecule has 0 aliphatic heterocycles. The molecule has 1 rings (SSSR count). The van der Waals surface area contributed by atoms with Crippen LogP contribution in [0.3, 0.4) is 0 Å². The Hall–Kier alpha value is -0.940. The van der Waals surface area contributed by atoms with Gasteiger partial charge in [-0.3, -0.25) is 4.79 Å². The van der Waals surface area contributed by atoms with Crippen molar-refractivity contribution < 1.29 is 9.53 Å². The number of thiazole rings is 1. The third kappa shape index (κ3) is 3.57. The van der Waals surface area contributed by atoms with E-state index < -0.39 is 0 Å². The zero-order valence-electron chi connectivity index (χ0n) is 9.90. The number of aromatic nitrogens is 1. The van der Waals surface area contributed by atoms with E-state index in [1.807, 2.05) is 5.38 Å². The second-order valence-electron chi connectivity index (χ2n) is 3.99. The molecule has 4 nitrogen and oxygen atoms in total. The maximum atomic E-state index is 11.0. The number of carbonyl (C=O) groups is 1. The third-order valence-corrected chi connectivity index (χ3v) is 3.46. The summed E-state index contributed by atoms with van der Waals surface area (Å²) < 4.78 is 4.57. The molecule has 0 aliphatic rings. The number of esters is 1. The van der Waals surface area contributed by atoms with Crippen LogP contribution in [0.1, 0.15) is 49.4 Å². The van der Waals surface area contributed by atoms with Crippen molar-refractivity contribution in [2.24, 2.45) is 5.73 Å². The number of carbonyl (C=O) groups excluding carboxylic acids is 1. The molecule has 1 unspecified atom stereocenters. The molecule has 0 spiro atoms. The van der Waals surface area contributed by atoms with E-state index >= 15 is 0 Å². The van der Waals surface area contributed by atoms with Crippen LogP contribution in [0.5, 0.6) is 0 Å². The lowest BCUT2D eigenvalue weighted by molar-refractivity contribution is -0.140. The Labute approximate surface area is 99.8 Å². The van der Waals surface area contributed by atoms with Crippen LogP contribution in [0.4, 0.5) is 0 Å². The number of methoxy groups -OCH3 is 1. The van der Waals surface area contributed by atoms with Gasteiger partial charge in [0.25, 0.3) is 0 Å². The summed E-state index contributed by atoms with van der Waals surface area (Å²) in [6, 6.07) is -0.178. The fourth-order valence-corrected chi connectivity index (χ4v) is 2.16. The third-order valence-electron chi connectivity index (χ3n) is 2.30. The fraction of sp³-hybridized carbons (Fsp3) is 0.636. The molecular weight excluding hydrogens is 224 g/mol. The molecule has 0 aliphatic carbocycles. The van der Waals surface area contributed by atoms with Crippen LogP contribution < -0.4 is 5.73 Å². The average molecular weight is 242 g/mol. The Morgan fingerprint density at radius 3 is 2.81 bits per heavy atom. The van der Waals surface area contributed by atoms with Gasteiger partial charge in [-0.05, 0) is 6.42 Å². The molecule has 0 amide bonds. The smallest absolute Gasteiger partial charge is 0.305 e. The first-order valence-electron chi connectivity index (χ1n) is 5.32. The molecule has 0 bridgehead atoms. The zero-order valence-corrected chi connectivity index (χ0v) is 10.7. The van der Waals surface area contributed by atoms with Gasteiger partial charge in [-0.1, -0.05) is 13.8 Å². The summed E-state index contributed by atoms with van der Waals surface area (Å²) in [5.41, 5.74) is 6.82. The van der Waals surface area contributed by atoms with Gasteiger partial charge in [-0.2, -0.15) is 0 Å². The predicted octanol–water partition coefficient (Wildman–Crippen LogP) is 2.22. The summed E-state index contributed by atoms with van der Waals surface area (Å²) in [5.74, 6) is 0.196. The minimum atomic E-state index is -0.227. The molecule has 0 aromatic carbocycles. The van der Waals surface area contributed by atoms with E-state index in [1.54, 1.807) is 11.3 Å². The summed E-state index contributed by atoms with van der Waals surface area (Å²) in [4.78, 5) is 15.4. The second kappa shape index (κ2) is 5.96. The second-order valence-corrected chi connectivity index (χ2v) is 4.88. The Kier molecular flexibility index (Phi) is 4.89. The van der Waals surface area contributed by atoms with E-state index in [-0.39, 0.29) is 12.0 Å². The molecule has 1 aromatic rings. The highest BCUT2D eigenvalue weighted by atomic mass is 32.1. The van der Waals surface area contributed by atoms with Gasteiger partial charge in [0.15, 0.2) is 0 Å². The minimum absolute atomic E-state index is 0.178. The van der Waals surface area contributed by atoms with E-state index in [1.165, 1.54) is 7.11 Å². The molecule has 0 radical (unpaired) electrons. The predicted molar refractivity (Wildman–Crippen MR) is 64.4 cm³/mol. The topological polar surface area (TPSA) is 65.2 Å². The summed E-state index contributed by atoms with van der Waals surface area (Å²) in [6.45, 7) is 4.20. The lowest BCUT2D eigenvalue weighted by Gasteiger charge is -2.07. The quantitative estimate of drug-likeness (QED) is 0.804. The highest BCUT2D eigenvalue weighted by Gasteiger charge is 2.13. The summed E-state index contributed by atoms with van der Waals surface area (Å²) in [7, 11) is 1.38. The Morgan fingerprint density at radius 2 is 2.31 bits per heavy atom. The molecule has 1 aromatic heterocycles. The fourth-order valence-electron chi connectivity index (χ4n) is 1.26. The number of hydrogen-bond donors (Lipinski definition) is 1. The van der Waals surface area contributed by atoms with Crippen LogP contribution in [0.25, 0.3) is 0 Å². The number of ether oxygens (including phenoxy) is 1. The first kappa shape index (κ1) is 13.1. The Bertz CT molecular complexity index is 350. The molecular formula is C11H18N2O2S. The molecule has 5 heteroatoms. The minimum Gasteiger partial charge on any atom is -0.469 e. The van der Waals surface area contributed by atoms with Crippen LogP contribution in [-0.4, -0.2) is 18.1 Å². The van der Waals surface area contributed by atoms with Crippen molar-refractivity contribution in [3.05, 3.63) is 16.1 Å². The number of nitrogens with two attached hydrogens (primary N) is 1. The molecule has 90 valence electrons. The molecule has 1 heterocycles. The lowest BCUT2D eigenvalue weighted by atomic mass is 10.1. The zero-order chi connectivity index (χ0) is 12.1. The van der Waals surface area contributed by atoms with Gasteiger partial charge in [-0.25, -0.2) is 4.98 Å². The van der Waals surface area contributed by atoms with Gasteiger partial charge < -0.3 is 10.5 Å². The van der Waals surface area contributed by atoms with Gasteiger partial charge in [0.1, 0.15) is 0 Å². The SMILES string of the molecule is COC(=O)CCC(N)c1csc(C(C)C)n1. The van der Waals surface area contributed by atoms with E-state index in [2.05, 4.69) is 23.6 Å². The van der Waals surface area contributed by atoms with Crippen molar-refractivity contribution >= 4 is 17.3 Å². The molecule has 1 atom stereocenters. The number of rotatable bonds is 5. The van der Waals surface area contributed by atoms with Gasteiger partial charge in [-0.15, -0.1) is 11.3 Å². The van der Waals surface area contributed by atoms with Gasteiger partial charge in [0.05, 0.1) is 17.8 Å². The Morgan fingerprint density at radius 1 is 1.62 bits per heavy atom. The highest BCUT2D eigenvalue weighted by Crippen LogP contribution is 2.23. The molecule has 0 saturated carbocycles. The number of hydrogen-bond acceptors (Lipinski definition) is 5. The summed E-state index contributed by atoms with van der Waals surface area (Å²) in [5, 5.41) is 3.06. The van der Waals surface area contributed by atoms with Crippen LogP contribution in [0.15, 0.2) is 5.38 Å². The van der Waals surface area contributed by atoms with Gasteiger partial charge >= 0.3 is 5.97 Å². The van der Waals surface area contributed by atoms with Crippen LogP contribution >= 0.6 is 11.3 Å². The van der Waals surface area contributed by atoms with Crippen molar-refractivity contribution in [3.8, 4) is 0 Å². The van der Waals surface area contributed by atoms with E-state index in [4.69, 9.17) is 5.73 Å². The summed E-state index contributed by atoms with van der Waals surface area (Å²) >= 11 is 1.62. The largest absolute Gasteiger partial charge is 0.469 e. The molecule has 16 heavy (non-hydrogen) atoms. The van der Waals surface area contributed by atoms with Crippen molar-refractivity contribution in [2.45, 2.75) is 38.6 Å². The maximum absolute atomic E-state index is 11.0. The Balaban J connectivity index is 2.52. The van der Waals surface area contributed by atoms with E-state index in [9.17, 15) is 4.79 Å². The molecule has 2 N–H and O–H groups in total. The first-order valence-corrected chi connectivity index (χ1v) is 6.20. The number of nitrogens with zero attached hydrogens (tertiary/aromatic N) is 1. The molecule has 0 fully saturated rings. The van der Waals surface area contributed by atoms with Crippen molar-refractivity contribution in [2.75, 3.05) is 7.11 Å². The van der Waals surface area contributed by atoms with Crippen molar-refractivity contribution in [1.82, 2.24) is 4.98 Å². The standard InChI is InChI=1S/C11H18N2O2S/c1-7(2)11-13-9(6-16-11)8(12)4-5-10(14)15-3/h6-8H,4-5,12H2,1-3H3.